The van der Waals surface area contributed by atoms with Crippen molar-refractivity contribution in [2.45, 2.75) is 78.2 Å². The molecule has 0 aliphatic carbocycles. The fraction of sp³-hybridized carbons (Fsp3) is 0.536. The van der Waals surface area contributed by atoms with E-state index in [0.717, 1.165) is 51.0 Å². The lowest BCUT2D eigenvalue weighted by molar-refractivity contribution is -0.128. The molecule has 0 radical (unpaired) electrons. The predicted molar refractivity (Wildman–Crippen MR) is 146 cm³/mol. The Morgan fingerprint density at radius 3 is 2.58 bits per heavy atom. The molecule has 36 heavy (non-hydrogen) atoms. The molecule has 1 amide bonds. The van der Waals surface area contributed by atoms with E-state index in [4.69, 9.17) is 0 Å². The number of piperidine rings is 2. The molecular weight excluding hydrogens is 468 g/mol. The van der Waals surface area contributed by atoms with Crippen LogP contribution in [0, 0.1) is 20.8 Å². The normalized spacial score (nSPS) is 20.2. The maximum atomic E-state index is 12.4. The third-order valence-electron chi connectivity index (χ3n) is 8.53. The van der Waals surface area contributed by atoms with Crippen molar-refractivity contribution in [2.24, 2.45) is 0 Å². The molecule has 6 rings (SSSR count). The van der Waals surface area contributed by atoms with Gasteiger partial charge in [0.05, 0.1) is 11.7 Å². The Morgan fingerprint density at radius 1 is 1.08 bits per heavy atom. The SMILES string of the molecule is Cc1c(-c2[nH]c3sc(C4CCN(C5CCCNC5=O)CC4)c(C)c3c2C(C)C)cn2ncnc2c1C. The first-order chi connectivity index (χ1) is 17.3. The highest BCUT2D eigenvalue weighted by molar-refractivity contribution is 7.19. The Hall–Kier alpha value is -2.71. The second-order valence-electron chi connectivity index (χ2n) is 10.9. The van der Waals surface area contributed by atoms with E-state index >= 15 is 0 Å². The largest absolute Gasteiger partial charge is 0.355 e. The number of hydrogen-bond acceptors (Lipinski definition) is 5. The Bertz CT molecular complexity index is 1450. The van der Waals surface area contributed by atoms with Crippen LogP contribution < -0.4 is 5.32 Å². The summed E-state index contributed by atoms with van der Waals surface area (Å²) in [6.45, 7) is 14.1. The van der Waals surface area contributed by atoms with Crippen LogP contribution >= 0.6 is 11.3 Å². The van der Waals surface area contributed by atoms with Crippen molar-refractivity contribution < 1.29 is 4.79 Å². The van der Waals surface area contributed by atoms with Gasteiger partial charge in [-0.25, -0.2) is 9.50 Å². The number of hydrogen-bond donors (Lipinski definition) is 2. The van der Waals surface area contributed by atoms with Gasteiger partial charge in [-0.15, -0.1) is 11.3 Å². The predicted octanol–water partition coefficient (Wildman–Crippen LogP) is 5.45. The van der Waals surface area contributed by atoms with Crippen LogP contribution in [0.25, 0.3) is 27.1 Å². The van der Waals surface area contributed by atoms with Crippen molar-refractivity contribution in [3.05, 3.63) is 39.7 Å². The second kappa shape index (κ2) is 8.99. The lowest BCUT2D eigenvalue weighted by Gasteiger charge is -2.38. The minimum atomic E-state index is 0.0721. The molecular formula is C28H36N6OS. The molecule has 2 fully saturated rings. The quantitative estimate of drug-likeness (QED) is 0.388. The molecule has 4 aromatic rings. The summed E-state index contributed by atoms with van der Waals surface area (Å²) in [5, 5.41) is 8.89. The molecule has 4 aromatic heterocycles. The van der Waals surface area contributed by atoms with Crippen molar-refractivity contribution in [3.63, 3.8) is 0 Å². The lowest BCUT2D eigenvalue weighted by Crippen LogP contribution is -2.52. The number of thiophene rings is 1. The minimum Gasteiger partial charge on any atom is -0.355 e. The van der Waals surface area contributed by atoms with Gasteiger partial charge in [-0.1, -0.05) is 13.8 Å². The number of carbonyl (C=O) groups is 1. The van der Waals surface area contributed by atoms with Crippen LogP contribution in [0.1, 0.15) is 78.5 Å². The number of carbonyl (C=O) groups excluding carboxylic acids is 1. The topological polar surface area (TPSA) is 78.3 Å². The number of H-pyrrole nitrogens is 1. The molecule has 6 heterocycles. The summed E-state index contributed by atoms with van der Waals surface area (Å²) < 4.78 is 1.90. The summed E-state index contributed by atoms with van der Waals surface area (Å²) in [5.41, 5.74) is 8.62. The lowest BCUT2D eigenvalue weighted by atomic mass is 9.89. The zero-order chi connectivity index (χ0) is 25.1. The van der Waals surface area contributed by atoms with Crippen LogP contribution in [0.2, 0.25) is 0 Å². The van der Waals surface area contributed by atoms with Crippen LogP contribution in [0.4, 0.5) is 0 Å². The van der Waals surface area contributed by atoms with E-state index in [2.05, 4.69) is 66.1 Å². The fourth-order valence-corrected chi connectivity index (χ4v) is 7.86. The Labute approximate surface area is 216 Å². The molecule has 1 unspecified atom stereocenters. The number of aryl methyl sites for hydroxylation is 2. The average molecular weight is 505 g/mol. The molecule has 1 atom stereocenters. The first-order valence-electron chi connectivity index (χ1n) is 13.3. The first kappa shape index (κ1) is 23.7. The zero-order valence-electron chi connectivity index (χ0n) is 21.9. The van der Waals surface area contributed by atoms with Crippen LogP contribution in [0.15, 0.2) is 12.5 Å². The van der Waals surface area contributed by atoms with Crippen molar-refractivity contribution in [1.29, 1.82) is 0 Å². The Balaban J connectivity index is 1.34. The van der Waals surface area contributed by atoms with Gasteiger partial charge in [0.2, 0.25) is 5.91 Å². The number of pyridine rings is 1. The minimum absolute atomic E-state index is 0.0721. The third-order valence-corrected chi connectivity index (χ3v) is 9.90. The van der Waals surface area contributed by atoms with E-state index in [1.807, 2.05) is 15.9 Å². The average Bonchev–Trinajstić information content (AvgIpc) is 3.57. The third kappa shape index (κ3) is 3.68. The molecule has 7 nitrogen and oxygen atoms in total. The summed E-state index contributed by atoms with van der Waals surface area (Å²) in [6, 6.07) is 0.0721. The van der Waals surface area contributed by atoms with Crippen molar-refractivity contribution in [3.8, 4) is 11.3 Å². The van der Waals surface area contributed by atoms with Gasteiger partial charge in [0.15, 0.2) is 5.65 Å². The number of nitrogens with one attached hydrogen (secondary N) is 2. The fourth-order valence-electron chi connectivity index (χ4n) is 6.46. The number of aromatic nitrogens is 4. The monoisotopic (exact) mass is 504 g/mol. The van der Waals surface area contributed by atoms with Gasteiger partial charge in [-0.2, -0.15) is 5.10 Å². The standard InChI is InChI=1S/C28H36N6OS/c1-15(2)22-23-18(5)25(19-8-11-33(12-9-19)21-7-6-10-29-27(21)35)36-28(23)32-24(22)20-13-34-26(30-14-31-34)17(4)16(20)3/h13-15,19,21,32H,6-12H2,1-5H3,(H,29,35). The van der Waals surface area contributed by atoms with Gasteiger partial charge >= 0.3 is 0 Å². The molecule has 2 aliphatic heterocycles. The van der Waals surface area contributed by atoms with E-state index in [1.165, 1.54) is 48.6 Å². The van der Waals surface area contributed by atoms with Gasteiger partial charge in [0.1, 0.15) is 11.2 Å². The highest BCUT2D eigenvalue weighted by Crippen LogP contribution is 2.46. The molecule has 0 saturated carbocycles. The van der Waals surface area contributed by atoms with Gasteiger partial charge in [0.25, 0.3) is 0 Å². The summed E-state index contributed by atoms with van der Waals surface area (Å²) in [5.74, 6) is 1.19. The number of likely N-dealkylation sites (tertiary alicyclic amines) is 1. The van der Waals surface area contributed by atoms with Gasteiger partial charge < -0.3 is 10.3 Å². The van der Waals surface area contributed by atoms with E-state index in [1.54, 1.807) is 6.33 Å². The van der Waals surface area contributed by atoms with E-state index in [-0.39, 0.29) is 11.9 Å². The van der Waals surface area contributed by atoms with Crippen molar-refractivity contribution in [1.82, 2.24) is 29.8 Å². The van der Waals surface area contributed by atoms with Crippen molar-refractivity contribution in [2.75, 3.05) is 19.6 Å². The van der Waals surface area contributed by atoms with E-state index < -0.39 is 0 Å². The maximum Gasteiger partial charge on any atom is 0.237 e. The molecule has 0 aromatic carbocycles. The summed E-state index contributed by atoms with van der Waals surface area (Å²) >= 11 is 1.94. The van der Waals surface area contributed by atoms with Crippen LogP contribution in [0.5, 0.6) is 0 Å². The van der Waals surface area contributed by atoms with Gasteiger partial charge in [0, 0.05) is 28.6 Å². The highest BCUT2D eigenvalue weighted by Gasteiger charge is 2.33. The van der Waals surface area contributed by atoms with Crippen LogP contribution in [-0.2, 0) is 4.79 Å². The first-order valence-corrected chi connectivity index (χ1v) is 14.1. The zero-order valence-corrected chi connectivity index (χ0v) is 22.8. The number of rotatable bonds is 4. The second-order valence-corrected chi connectivity index (χ2v) is 12.0. The molecule has 8 heteroatoms. The molecule has 190 valence electrons. The molecule has 2 saturated heterocycles. The number of amides is 1. The van der Waals surface area contributed by atoms with Crippen molar-refractivity contribution >= 4 is 33.1 Å². The van der Waals surface area contributed by atoms with Gasteiger partial charge in [-0.05, 0) is 93.6 Å². The molecule has 2 N–H and O–H groups in total. The summed E-state index contributed by atoms with van der Waals surface area (Å²) in [4.78, 5) is 25.9. The molecule has 2 aliphatic rings. The number of aromatic amines is 1. The molecule has 0 spiro atoms. The van der Waals surface area contributed by atoms with E-state index in [0.29, 0.717) is 11.8 Å². The van der Waals surface area contributed by atoms with Gasteiger partial charge in [-0.3, -0.25) is 9.69 Å². The Kier molecular flexibility index (Phi) is 5.91. The van der Waals surface area contributed by atoms with E-state index in [9.17, 15) is 4.79 Å². The molecule has 0 bridgehead atoms. The van der Waals surface area contributed by atoms with Crippen LogP contribution in [0.3, 0.4) is 0 Å². The Morgan fingerprint density at radius 2 is 1.86 bits per heavy atom. The smallest absolute Gasteiger partial charge is 0.237 e. The maximum absolute atomic E-state index is 12.4. The number of fused-ring (bicyclic) bond motifs is 2. The summed E-state index contributed by atoms with van der Waals surface area (Å²) in [7, 11) is 0. The highest BCUT2D eigenvalue weighted by atomic mass is 32.1. The van der Waals surface area contributed by atoms with Crippen LogP contribution in [-0.4, -0.2) is 56.1 Å². The number of nitrogens with zero attached hydrogens (tertiary/aromatic N) is 4. The summed E-state index contributed by atoms with van der Waals surface area (Å²) in [6.07, 6.45) is 8.09.